The van der Waals surface area contributed by atoms with Crippen molar-refractivity contribution in [2.24, 2.45) is 0 Å². The lowest BCUT2D eigenvalue weighted by molar-refractivity contribution is -0.119. The fraction of sp³-hybridized carbons (Fsp3) is 0.562. The summed E-state index contributed by atoms with van der Waals surface area (Å²) in [4.78, 5) is 15.8. The SMILES string of the molecule is CC(=O)NCCN1CCN(Cc2ccccc2)CC1C. The maximum Gasteiger partial charge on any atom is 0.216 e. The predicted octanol–water partition coefficient (Wildman–Crippen LogP) is 1.33. The minimum Gasteiger partial charge on any atom is -0.355 e. The van der Waals surface area contributed by atoms with Crippen molar-refractivity contribution < 1.29 is 4.79 Å². The van der Waals surface area contributed by atoms with Gasteiger partial charge in [-0.1, -0.05) is 30.3 Å². The Kier molecular flexibility index (Phi) is 5.56. The topological polar surface area (TPSA) is 35.6 Å². The molecule has 4 heteroatoms. The monoisotopic (exact) mass is 275 g/mol. The Bertz CT molecular complexity index is 421. The van der Waals surface area contributed by atoms with Crippen LogP contribution in [0.4, 0.5) is 0 Å². The van der Waals surface area contributed by atoms with Crippen LogP contribution in [0.2, 0.25) is 0 Å². The lowest BCUT2D eigenvalue weighted by Crippen LogP contribution is -2.53. The highest BCUT2D eigenvalue weighted by atomic mass is 16.1. The van der Waals surface area contributed by atoms with E-state index >= 15 is 0 Å². The van der Waals surface area contributed by atoms with Crippen LogP contribution in [-0.4, -0.2) is 54.5 Å². The van der Waals surface area contributed by atoms with Gasteiger partial charge in [-0.05, 0) is 12.5 Å². The first-order valence-corrected chi connectivity index (χ1v) is 7.40. The van der Waals surface area contributed by atoms with Gasteiger partial charge >= 0.3 is 0 Å². The number of benzene rings is 1. The van der Waals surface area contributed by atoms with Crippen molar-refractivity contribution in [2.75, 3.05) is 32.7 Å². The molecule has 1 aliphatic heterocycles. The van der Waals surface area contributed by atoms with Crippen molar-refractivity contribution in [2.45, 2.75) is 26.4 Å². The molecule has 0 saturated carbocycles. The minimum atomic E-state index is 0.0559. The number of nitrogens with one attached hydrogen (secondary N) is 1. The van der Waals surface area contributed by atoms with Crippen LogP contribution in [0.1, 0.15) is 19.4 Å². The molecule has 1 aliphatic rings. The Hall–Kier alpha value is -1.39. The number of amides is 1. The Morgan fingerprint density at radius 3 is 2.70 bits per heavy atom. The second kappa shape index (κ2) is 7.41. The molecule has 2 rings (SSSR count). The third kappa shape index (κ3) is 4.62. The zero-order valence-corrected chi connectivity index (χ0v) is 12.5. The zero-order valence-electron chi connectivity index (χ0n) is 12.5. The first-order valence-electron chi connectivity index (χ1n) is 7.40. The van der Waals surface area contributed by atoms with Gasteiger partial charge in [-0.25, -0.2) is 0 Å². The summed E-state index contributed by atoms with van der Waals surface area (Å²) < 4.78 is 0. The highest BCUT2D eigenvalue weighted by Gasteiger charge is 2.23. The average molecular weight is 275 g/mol. The molecule has 110 valence electrons. The van der Waals surface area contributed by atoms with Crippen LogP contribution in [0.5, 0.6) is 0 Å². The maximum absolute atomic E-state index is 10.9. The summed E-state index contributed by atoms with van der Waals surface area (Å²) in [5.74, 6) is 0.0559. The summed E-state index contributed by atoms with van der Waals surface area (Å²) in [6.07, 6.45) is 0. The van der Waals surface area contributed by atoms with Gasteiger partial charge in [0.25, 0.3) is 0 Å². The molecule has 4 nitrogen and oxygen atoms in total. The maximum atomic E-state index is 10.9. The van der Waals surface area contributed by atoms with Crippen LogP contribution >= 0.6 is 0 Å². The van der Waals surface area contributed by atoms with E-state index in [1.165, 1.54) is 5.56 Å². The van der Waals surface area contributed by atoms with Crippen LogP contribution in [-0.2, 0) is 11.3 Å². The molecule has 1 unspecified atom stereocenters. The van der Waals surface area contributed by atoms with Crippen LogP contribution in [0.25, 0.3) is 0 Å². The van der Waals surface area contributed by atoms with Gasteiger partial charge in [-0.15, -0.1) is 0 Å². The molecule has 0 aliphatic carbocycles. The summed E-state index contributed by atoms with van der Waals surface area (Å²) >= 11 is 0. The number of carbonyl (C=O) groups is 1. The number of carbonyl (C=O) groups excluding carboxylic acids is 1. The second-order valence-corrected chi connectivity index (χ2v) is 5.59. The summed E-state index contributed by atoms with van der Waals surface area (Å²) in [5.41, 5.74) is 1.38. The van der Waals surface area contributed by atoms with Crippen molar-refractivity contribution in [3.8, 4) is 0 Å². The quantitative estimate of drug-likeness (QED) is 0.880. The van der Waals surface area contributed by atoms with Gasteiger partial charge < -0.3 is 5.32 Å². The highest BCUT2D eigenvalue weighted by molar-refractivity contribution is 5.72. The molecular weight excluding hydrogens is 250 g/mol. The molecule has 0 spiro atoms. The largest absolute Gasteiger partial charge is 0.355 e. The highest BCUT2D eigenvalue weighted by Crippen LogP contribution is 2.12. The predicted molar refractivity (Wildman–Crippen MR) is 81.4 cm³/mol. The molecule has 1 N–H and O–H groups in total. The molecule has 1 saturated heterocycles. The normalized spacial score (nSPS) is 20.8. The van der Waals surface area contributed by atoms with Crippen LogP contribution in [0, 0.1) is 0 Å². The van der Waals surface area contributed by atoms with Crippen LogP contribution in [0.3, 0.4) is 0 Å². The number of piperazine rings is 1. The second-order valence-electron chi connectivity index (χ2n) is 5.59. The number of nitrogens with zero attached hydrogens (tertiary/aromatic N) is 2. The van der Waals surface area contributed by atoms with E-state index in [0.29, 0.717) is 6.04 Å². The Morgan fingerprint density at radius 2 is 2.05 bits per heavy atom. The fourth-order valence-electron chi connectivity index (χ4n) is 2.76. The van der Waals surface area contributed by atoms with Crippen molar-refractivity contribution in [3.63, 3.8) is 0 Å². The molecule has 1 aromatic carbocycles. The van der Waals surface area contributed by atoms with E-state index in [1.54, 1.807) is 6.92 Å². The minimum absolute atomic E-state index is 0.0559. The van der Waals surface area contributed by atoms with E-state index in [2.05, 4.69) is 52.4 Å². The third-order valence-electron chi connectivity index (χ3n) is 3.87. The lowest BCUT2D eigenvalue weighted by atomic mass is 10.1. The van der Waals surface area contributed by atoms with Crippen LogP contribution in [0.15, 0.2) is 30.3 Å². The van der Waals surface area contributed by atoms with E-state index in [0.717, 1.165) is 39.3 Å². The van der Waals surface area contributed by atoms with E-state index in [-0.39, 0.29) is 5.91 Å². The summed E-state index contributed by atoms with van der Waals surface area (Å²) in [7, 11) is 0. The number of hydrogen-bond donors (Lipinski definition) is 1. The van der Waals surface area contributed by atoms with E-state index in [1.807, 2.05) is 0 Å². The Morgan fingerprint density at radius 1 is 1.30 bits per heavy atom. The van der Waals surface area contributed by atoms with Gasteiger partial charge in [0.1, 0.15) is 0 Å². The molecule has 0 radical (unpaired) electrons. The van der Waals surface area contributed by atoms with Crippen molar-refractivity contribution in [1.82, 2.24) is 15.1 Å². The van der Waals surface area contributed by atoms with Crippen LogP contribution < -0.4 is 5.32 Å². The van der Waals surface area contributed by atoms with Gasteiger partial charge in [0, 0.05) is 52.2 Å². The first kappa shape index (κ1) is 15.0. The van der Waals surface area contributed by atoms with Crippen molar-refractivity contribution >= 4 is 5.91 Å². The molecule has 0 aromatic heterocycles. The molecule has 20 heavy (non-hydrogen) atoms. The summed E-state index contributed by atoms with van der Waals surface area (Å²) in [5, 5.41) is 2.87. The molecule has 1 fully saturated rings. The van der Waals surface area contributed by atoms with E-state index < -0.39 is 0 Å². The van der Waals surface area contributed by atoms with E-state index in [9.17, 15) is 4.79 Å². The standard InChI is InChI=1S/C16H25N3O/c1-14-12-18(13-16-6-4-3-5-7-16)10-11-19(14)9-8-17-15(2)20/h3-7,14H,8-13H2,1-2H3,(H,17,20). The van der Waals surface area contributed by atoms with Crippen molar-refractivity contribution in [1.29, 1.82) is 0 Å². The molecule has 1 atom stereocenters. The molecular formula is C16H25N3O. The van der Waals surface area contributed by atoms with Gasteiger partial charge in [0.05, 0.1) is 0 Å². The summed E-state index contributed by atoms with van der Waals surface area (Å²) in [6.45, 7) is 9.83. The molecule has 1 amide bonds. The molecule has 1 heterocycles. The zero-order chi connectivity index (χ0) is 14.4. The van der Waals surface area contributed by atoms with E-state index in [4.69, 9.17) is 0 Å². The average Bonchev–Trinajstić information content (AvgIpc) is 2.42. The number of hydrogen-bond acceptors (Lipinski definition) is 3. The Labute approximate surface area is 121 Å². The van der Waals surface area contributed by atoms with Gasteiger partial charge in [0.2, 0.25) is 5.91 Å². The smallest absolute Gasteiger partial charge is 0.216 e. The fourth-order valence-corrected chi connectivity index (χ4v) is 2.76. The van der Waals surface area contributed by atoms with Gasteiger partial charge in [-0.2, -0.15) is 0 Å². The molecule has 1 aromatic rings. The van der Waals surface area contributed by atoms with Crippen molar-refractivity contribution in [3.05, 3.63) is 35.9 Å². The molecule has 0 bridgehead atoms. The van der Waals surface area contributed by atoms with Gasteiger partial charge in [-0.3, -0.25) is 14.6 Å². The third-order valence-corrected chi connectivity index (χ3v) is 3.87. The van der Waals surface area contributed by atoms with Gasteiger partial charge in [0.15, 0.2) is 0 Å². The summed E-state index contributed by atoms with van der Waals surface area (Å²) in [6, 6.07) is 11.2. The number of rotatable bonds is 5. The Balaban J connectivity index is 1.75. The lowest BCUT2D eigenvalue weighted by Gasteiger charge is -2.40. The first-order chi connectivity index (χ1) is 9.65.